The van der Waals surface area contributed by atoms with Crippen LogP contribution in [0.5, 0.6) is 5.75 Å². The van der Waals surface area contributed by atoms with Gasteiger partial charge in [-0.05, 0) is 49.1 Å². The number of rotatable bonds is 8. The Morgan fingerprint density at radius 2 is 1.57 bits per heavy atom. The lowest BCUT2D eigenvalue weighted by Crippen LogP contribution is -2.07. The van der Waals surface area contributed by atoms with Crippen molar-refractivity contribution >= 4 is 11.0 Å². The highest BCUT2D eigenvalue weighted by atomic mass is 16.5. The monoisotopic (exact) mass is 370 g/mol. The smallest absolute Gasteiger partial charge is 0.122 e. The van der Waals surface area contributed by atoms with E-state index in [4.69, 9.17) is 9.72 Å². The van der Waals surface area contributed by atoms with E-state index in [-0.39, 0.29) is 0 Å². The molecule has 0 radical (unpaired) electrons. The lowest BCUT2D eigenvalue weighted by Gasteiger charge is -2.11. The summed E-state index contributed by atoms with van der Waals surface area (Å²) in [6.07, 6.45) is 2.94. The number of hydrogen-bond acceptors (Lipinski definition) is 2. The highest BCUT2D eigenvalue weighted by Gasteiger charge is 2.10. The summed E-state index contributed by atoms with van der Waals surface area (Å²) in [6.45, 7) is 3.79. The fourth-order valence-electron chi connectivity index (χ4n) is 3.56. The van der Waals surface area contributed by atoms with Gasteiger partial charge in [0.1, 0.15) is 11.6 Å². The summed E-state index contributed by atoms with van der Waals surface area (Å²) in [5, 5.41) is 0. The first-order valence-corrected chi connectivity index (χ1v) is 9.98. The van der Waals surface area contributed by atoms with Gasteiger partial charge in [-0.2, -0.15) is 0 Å². The van der Waals surface area contributed by atoms with Crippen molar-refractivity contribution in [3.05, 3.63) is 95.8 Å². The number of imidazole rings is 1. The Morgan fingerprint density at radius 1 is 0.821 bits per heavy atom. The summed E-state index contributed by atoms with van der Waals surface area (Å²) >= 11 is 0. The minimum absolute atomic E-state index is 0.742. The van der Waals surface area contributed by atoms with Crippen LogP contribution in [0.25, 0.3) is 11.0 Å². The minimum atomic E-state index is 0.742. The molecule has 1 heterocycles. The number of hydrogen-bond donors (Lipinski definition) is 0. The first-order chi connectivity index (χ1) is 13.8. The van der Waals surface area contributed by atoms with Gasteiger partial charge in [-0.25, -0.2) is 4.98 Å². The molecule has 142 valence electrons. The van der Waals surface area contributed by atoms with E-state index in [9.17, 15) is 0 Å². The Hall–Kier alpha value is -3.07. The molecule has 4 rings (SSSR count). The quantitative estimate of drug-likeness (QED) is 0.367. The molecule has 3 heteroatoms. The number of unbranched alkanes of at least 4 members (excludes halogenated alkanes) is 1. The van der Waals surface area contributed by atoms with E-state index in [1.807, 2.05) is 18.2 Å². The number of aryl methyl sites for hydroxylation is 2. The van der Waals surface area contributed by atoms with Gasteiger partial charge in [0.2, 0.25) is 0 Å². The maximum absolute atomic E-state index is 5.94. The summed E-state index contributed by atoms with van der Waals surface area (Å²) < 4.78 is 8.32. The van der Waals surface area contributed by atoms with E-state index in [1.165, 1.54) is 16.6 Å². The van der Waals surface area contributed by atoms with Gasteiger partial charge in [0.25, 0.3) is 0 Å². The average Bonchev–Trinajstić information content (AvgIpc) is 3.07. The molecule has 4 aromatic rings. The molecule has 28 heavy (non-hydrogen) atoms. The second kappa shape index (κ2) is 8.75. The van der Waals surface area contributed by atoms with E-state index < -0.39 is 0 Å². The standard InChI is InChI=1S/C25H26N2O/c1-20-11-5-8-16-24(20)28-18-10-9-17-27-23-15-7-6-14-22(23)26-25(27)19-21-12-3-2-4-13-21/h2-8,11-16H,9-10,17-19H2,1H3. The highest BCUT2D eigenvalue weighted by molar-refractivity contribution is 5.76. The molecule has 0 saturated heterocycles. The first-order valence-electron chi connectivity index (χ1n) is 9.98. The van der Waals surface area contributed by atoms with E-state index in [1.54, 1.807) is 0 Å². The van der Waals surface area contributed by atoms with Crippen molar-refractivity contribution in [2.45, 2.75) is 32.7 Å². The van der Waals surface area contributed by atoms with Crippen LogP contribution in [-0.2, 0) is 13.0 Å². The zero-order chi connectivity index (χ0) is 19.2. The predicted molar refractivity (Wildman–Crippen MR) is 115 cm³/mol. The van der Waals surface area contributed by atoms with Crippen molar-refractivity contribution in [2.24, 2.45) is 0 Å². The maximum atomic E-state index is 5.94. The number of ether oxygens (including phenoxy) is 1. The SMILES string of the molecule is Cc1ccccc1OCCCCn1c(Cc2ccccc2)nc2ccccc21. The molecule has 0 bridgehead atoms. The van der Waals surface area contributed by atoms with Crippen molar-refractivity contribution in [3.8, 4) is 5.75 Å². The van der Waals surface area contributed by atoms with Crippen LogP contribution in [0.3, 0.4) is 0 Å². The Morgan fingerprint density at radius 3 is 2.43 bits per heavy atom. The average molecular weight is 370 g/mol. The van der Waals surface area contributed by atoms with Gasteiger partial charge in [-0.1, -0.05) is 60.7 Å². The molecule has 0 saturated carbocycles. The van der Waals surface area contributed by atoms with Gasteiger partial charge < -0.3 is 9.30 Å². The molecule has 0 atom stereocenters. The summed E-state index contributed by atoms with van der Waals surface area (Å²) in [4.78, 5) is 4.90. The Kier molecular flexibility index (Phi) is 5.72. The normalized spacial score (nSPS) is 11.0. The number of aromatic nitrogens is 2. The number of fused-ring (bicyclic) bond motifs is 1. The third kappa shape index (κ3) is 4.25. The second-order valence-corrected chi connectivity index (χ2v) is 7.15. The number of nitrogens with zero attached hydrogens (tertiary/aromatic N) is 2. The minimum Gasteiger partial charge on any atom is -0.493 e. The molecule has 0 amide bonds. The molecule has 0 N–H and O–H groups in total. The Labute approximate surface area is 166 Å². The molecule has 0 aliphatic carbocycles. The summed E-state index contributed by atoms with van der Waals surface area (Å²) in [5.41, 5.74) is 4.77. The lowest BCUT2D eigenvalue weighted by atomic mass is 10.1. The molecular weight excluding hydrogens is 344 g/mol. The molecule has 0 aliphatic rings. The molecule has 1 aromatic heterocycles. The van der Waals surface area contributed by atoms with E-state index in [2.05, 4.69) is 72.2 Å². The summed E-state index contributed by atoms with van der Waals surface area (Å²) in [6, 6.07) is 27.2. The van der Waals surface area contributed by atoms with Crippen molar-refractivity contribution in [1.29, 1.82) is 0 Å². The van der Waals surface area contributed by atoms with E-state index >= 15 is 0 Å². The van der Waals surface area contributed by atoms with E-state index in [0.717, 1.165) is 49.5 Å². The zero-order valence-corrected chi connectivity index (χ0v) is 16.3. The van der Waals surface area contributed by atoms with Crippen LogP contribution in [0.1, 0.15) is 29.8 Å². The zero-order valence-electron chi connectivity index (χ0n) is 16.3. The third-order valence-electron chi connectivity index (χ3n) is 5.07. The Bertz CT molecular complexity index is 1040. The molecule has 0 aliphatic heterocycles. The molecular formula is C25H26N2O. The molecule has 0 spiro atoms. The third-order valence-corrected chi connectivity index (χ3v) is 5.07. The van der Waals surface area contributed by atoms with Gasteiger partial charge in [-0.15, -0.1) is 0 Å². The van der Waals surface area contributed by atoms with Gasteiger partial charge in [-0.3, -0.25) is 0 Å². The molecule has 3 nitrogen and oxygen atoms in total. The van der Waals surface area contributed by atoms with E-state index in [0.29, 0.717) is 0 Å². The molecule has 0 unspecified atom stereocenters. The van der Waals surface area contributed by atoms with Crippen LogP contribution in [0.4, 0.5) is 0 Å². The van der Waals surface area contributed by atoms with Crippen molar-refractivity contribution in [1.82, 2.24) is 9.55 Å². The van der Waals surface area contributed by atoms with Gasteiger partial charge in [0.05, 0.1) is 17.6 Å². The van der Waals surface area contributed by atoms with Crippen LogP contribution in [-0.4, -0.2) is 16.2 Å². The van der Waals surface area contributed by atoms with Crippen LogP contribution in [0.2, 0.25) is 0 Å². The first kappa shape index (κ1) is 18.3. The largest absolute Gasteiger partial charge is 0.493 e. The van der Waals surface area contributed by atoms with Crippen LogP contribution in [0.15, 0.2) is 78.9 Å². The fourth-order valence-corrected chi connectivity index (χ4v) is 3.56. The number of benzene rings is 3. The van der Waals surface area contributed by atoms with Crippen molar-refractivity contribution < 1.29 is 4.74 Å². The highest BCUT2D eigenvalue weighted by Crippen LogP contribution is 2.20. The maximum Gasteiger partial charge on any atom is 0.122 e. The van der Waals surface area contributed by atoms with Gasteiger partial charge >= 0.3 is 0 Å². The lowest BCUT2D eigenvalue weighted by molar-refractivity contribution is 0.301. The van der Waals surface area contributed by atoms with Crippen molar-refractivity contribution in [3.63, 3.8) is 0 Å². The molecule has 0 fully saturated rings. The second-order valence-electron chi connectivity index (χ2n) is 7.15. The summed E-state index contributed by atoms with van der Waals surface area (Å²) in [5.74, 6) is 2.12. The van der Waals surface area contributed by atoms with Gasteiger partial charge in [0.15, 0.2) is 0 Å². The number of para-hydroxylation sites is 3. The summed E-state index contributed by atoms with van der Waals surface area (Å²) in [7, 11) is 0. The Balaban J connectivity index is 1.42. The molecule has 3 aromatic carbocycles. The fraction of sp³-hybridized carbons (Fsp3) is 0.240. The van der Waals surface area contributed by atoms with Gasteiger partial charge in [0, 0.05) is 13.0 Å². The topological polar surface area (TPSA) is 27.1 Å². The van der Waals surface area contributed by atoms with Crippen LogP contribution in [0, 0.1) is 6.92 Å². The van der Waals surface area contributed by atoms with Crippen LogP contribution >= 0.6 is 0 Å². The van der Waals surface area contributed by atoms with Crippen LogP contribution < -0.4 is 4.74 Å². The predicted octanol–water partition coefficient (Wildman–Crippen LogP) is 5.79. The van der Waals surface area contributed by atoms with Crippen molar-refractivity contribution in [2.75, 3.05) is 6.61 Å².